The van der Waals surface area contributed by atoms with Crippen LogP contribution in [0.5, 0.6) is 0 Å². The molecule has 1 atom stereocenters. The predicted molar refractivity (Wildman–Crippen MR) is 152 cm³/mol. The smallest absolute Gasteiger partial charge is 0.420 e. The molecule has 210 valence electrons. The van der Waals surface area contributed by atoms with Gasteiger partial charge < -0.3 is 19.7 Å². The number of benzene rings is 1. The first-order valence-corrected chi connectivity index (χ1v) is 13.5. The van der Waals surface area contributed by atoms with Crippen LogP contribution in [-0.4, -0.2) is 62.0 Å². The second-order valence-corrected chi connectivity index (χ2v) is 12.3. The molecule has 2 amide bonds. The molecule has 1 aromatic carbocycles. The first-order chi connectivity index (χ1) is 18.2. The highest BCUT2D eigenvalue weighted by Gasteiger charge is 2.31. The number of likely N-dealkylation sites (tertiary alicyclic amines) is 1. The lowest BCUT2D eigenvalue weighted by Crippen LogP contribution is -2.47. The lowest BCUT2D eigenvalue weighted by Gasteiger charge is -2.34. The number of nitrogens with zero attached hydrogens (tertiary/aromatic N) is 5. The Morgan fingerprint density at radius 2 is 1.79 bits per heavy atom. The number of hydrogen-bond donors (Lipinski definition) is 1. The average molecular weight is 578 g/mol. The van der Waals surface area contributed by atoms with E-state index in [2.05, 4.69) is 15.4 Å². The van der Waals surface area contributed by atoms with Gasteiger partial charge in [-0.2, -0.15) is 9.61 Å². The number of aromatic nitrogens is 3. The van der Waals surface area contributed by atoms with Crippen molar-refractivity contribution in [2.45, 2.75) is 71.6 Å². The van der Waals surface area contributed by atoms with E-state index >= 15 is 0 Å². The number of fused-ring (bicyclic) bond motifs is 1. The van der Waals surface area contributed by atoms with Crippen LogP contribution >= 0.6 is 23.2 Å². The lowest BCUT2D eigenvalue weighted by molar-refractivity contribution is 0.0206. The Morgan fingerprint density at radius 1 is 1.08 bits per heavy atom. The number of carbonyl (C=O) groups excluding carboxylic acids is 2. The molecule has 1 saturated heterocycles. The highest BCUT2D eigenvalue weighted by molar-refractivity contribution is 6.33. The quantitative estimate of drug-likeness (QED) is 0.359. The van der Waals surface area contributed by atoms with E-state index in [1.54, 1.807) is 56.0 Å². The van der Waals surface area contributed by atoms with Gasteiger partial charge in [0, 0.05) is 30.2 Å². The van der Waals surface area contributed by atoms with Gasteiger partial charge >= 0.3 is 12.2 Å². The zero-order valence-electron chi connectivity index (χ0n) is 23.0. The van der Waals surface area contributed by atoms with Crippen LogP contribution in [0.4, 0.5) is 26.9 Å². The minimum absolute atomic E-state index is 0.100. The summed E-state index contributed by atoms with van der Waals surface area (Å²) < 4.78 is 12.8. The van der Waals surface area contributed by atoms with Crippen molar-refractivity contribution >= 4 is 58.4 Å². The Labute approximate surface area is 238 Å². The van der Waals surface area contributed by atoms with Gasteiger partial charge in [-0.15, -0.1) is 0 Å². The summed E-state index contributed by atoms with van der Waals surface area (Å²) in [7, 11) is 0. The van der Waals surface area contributed by atoms with Crippen molar-refractivity contribution in [3.05, 3.63) is 46.6 Å². The van der Waals surface area contributed by atoms with Crippen molar-refractivity contribution in [2.75, 3.05) is 23.3 Å². The number of anilines is 3. The van der Waals surface area contributed by atoms with E-state index in [1.807, 2.05) is 20.8 Å². The third-order valence-electron chi connectivity index (χ3n) is 5.71. The maximum atomic E-state index is 13.5. The molecule has 0 spiro atoms. The van der Waals surface area contributed by atoms with Crippen LogP contribution in [-0.2, 0) is 9.47 Å². The van der Waals surface area contributed by atoms with Crippen LogP contribution in [0.15, 0.2) is 36.5 Å². The Morgan fingerprint density at radius 3 is 2.46 bits per heavy atom. The van der Waals surface area contributed by atoms with E-state index in [4.69, 9.17) is 32.7 Å². The molecule has 12 heteroatoms. The Kier molecular flexibility index (Phi) is 8.18. The second kappa shape index (κ2) is 11.1. The Bertz CT molecular complexity index is 1360. The number of hydrogen-bond acceptors (Lipinski definition) is 7. The molecule has 3 aromatic rings. The Hall–Kier alpha value is -3.24. The van der Waals surface area contributed by atoms with E-state index in [-0.39, 0.29) is 12.1 Å². The predicted octanol–water partition coefficient (Wildman–Crippen LogP) is 6.92. The van der Waals surface area contributed by atoms with Gasteiger partial charge in [0.2, 0.25) is 0 Å². The molecule has 1 aliphatic rings. The van der Waals surface area contributed by atoms with Crippen LogP contribution in [0, 0.1) is 0 Å². The monoisotopic (exact) mass is 576 g/mol. The molecular weight excluding hydrogens is 543 g/mol. The molecule has 39 heavy (non-hydrogen) atoms. The minimum Gasteiger partial charge on any atom is -0.444 e. The fraction of sp³-hybridized carbons (Fsp3) is 0.481. The zero-order chi connectivity index (χ0) is 28.5. The highest BCUT2D eigenvalue weighted by atomic mass is 35.5. The van der Waals surface area contributed by atoms with Gasteiger partial charge in [-0.05, 0) is 72.6 Å². The molecule has 2 aromatic heterocycles. The summed E-state index contributed by atoms with van der Waals surface area (Å²) in [5.41, 5.74) is -0.498. The molecular formula is C27H34Cl2N6O4. The summed E-state index contributed by atoms with van der Waals surface area (Å²) in [6.07, 6.45) is 2.11. The number of piperidine rings is 1. The van der Waals surface area contributed by atoms with E-state index < -0.39 is 17.3 Å². The van der Waals surface area contributed by atoms with Gasteiger partial charge in [-0.25, -0.2) is 19.5 Å². The fourth-order valence-electron chi connectivity index (χ4n) is 4.20. The summed E-state index contributed by atoms with van der Waals surface area (Å²) in [5.74, 6) is 0.817. The largest absolute Gasteiger partial charge is 0.444 e. The van der Waals surface area contributed by atoms with Crippen molar-refractivity contribution in [1.82, 2.24) is 19.5 Å². The summed E-state index contributed by atoms with van der Waals surface area (Å²) in [6, 6.07) is 8.48. The van der Waals surface area contributed by atoms with E-state index in [9.17, 15) is 9.59 Å². The normalized spacial score (nSPS) is 16.2. The van der Waals surface area contributed by atoms with Crippen molar-refractivity contribution < 1.29 is 19.1 Å². The van der Waals surface area contributed by atoms with Crippen LogP contribution in [0.2, 0.25) is 10.0 Å². The molecule has 1 unspecified atom stereocenters. The maximum absolute atomic E-state index is 13.5. The maximum Gasteiger partial charge on any atom is 0.420 e. The number of halogens is 2. The summed E-state index contributed by atoms with van der Waals surface area (Å²) in [6.45, 7) is 12.0. The number of carbonyl (C=O) groups is 2. The molecule has 1 N–H and O–H groups in total. The van der Waals surface area contributed by atoms with Gasteiger partial charge in [0.25, 0.3) is 0 Å². The standard InChI is InChI=1S/C27H34Cl2N6O4/c1-26(2,3)38-24(36)33-12-8-10-18(16-33)31-21-14-22(35-23(32-21)20(29)15-30-35)34(25(37)39-27(4,5)6)19-11-7-9-17(28)13-19/h7,9,11,13-15,18H,8,10,12,16H2,1-6H3,(H,31,32). The molecule has 4 rings (SSSR count). The molecule has 1 fully saturated rings. The van der Waals surface area contributed by atoms with Gasteiger partial charge in [0.1, 0.15) is 27.9 Å². The zero-order valence-corrected chi connectivity index (χ0v) is 24.5. The molecule has 0 saturated carbocycles. The summed E-state index contributed by atoms with van der Waals surface area (Å²) >= 11 is 12.7. The summed E-state index contributed by atoms with van der Waals surface area (Å²) in [4.78, 5) is 34.0. The third kappa shape index (κ3) is 7.24. The van der Waals surface area contributed by atoms with Crippen molar-refractivity contribution in [2.24, 2.45) is 0 Å². The first-order valence-electron chi connectivity index (χ1n) is 12.8. The minimum atomic E-state index is -0.754. The molecule has 0 aliphatic carbocycles. The van der Waals surface area contributed by atoms with Crippen LogP contribution < -0.4 is 10.2 Å². The van der Waals surface area contributed by atoms with Crippen molar-refractivity contribution in [1.29, 1.82) is 0 Å². The Balaban J connectivity index is 1.71. The lowest BCUT2D eigenvalue weighted by atomic mass is 10.1. The summed E-state index contributed by atoms with van der Waals surface area (Å²) in [5, 5.41) is 8.55. The molecule has 0 radical (unpaired) electrons. The average Bonchev–Trinajstić information content (AvgIpc) is 3.18. The van der Waals surface area contributed by atoms with Gasteiger partial charge in [0.05, 0.1) is 11.9 Å². The number of ether oxygens (including phenoxy) is 2. The first kappa shape index (κ1) is 28.8. The number of rotatable bonds is 4. The molecule has 1 aliphatic heterocycles. The highest BCUT2D eigenvalue weighted by Crippen LogP contribution is 2.33. The van der Waals surface area contributed by atoms with Crippen molar-refractivity contribution in [3.63, 3.8) is 0 Å². The molecule has 0 bridgehead atoms. The number of nitrogens with one attached hydrogen (secondary N) is 1. The van der Waals surface area contributed by atoms with Crippen LogP contribution in [0.1, 0.15) is 54.4 Å². The van der Waals surface area contributed by atoms with Crippen LogP contribution in [0.25, 0.3) is 5.65 Å². The SMILES string of the molecule is CC(C)(C)OC(=O)N1CCCC(Nc2cc(N(C(=O)OC(C)(C)C)c3cccc(Cl)c3)n3ncc(Cl)c3n2)C1. The topological polar surface area (TPSA) is 101 Å². The fourth-order valence-corrected chi connectivity index (χ4v) is 4.55. The van der Waals surface area contributed by atoms with Gasteiger partial charge in [-0.3, -0.25) is 0 Å². The van der Waals surface area contributed by atoms with Gasteiger partial charge in [-0.1, -0.05) is 29.3 Å². The van der Waals surface area contributed by atoms with E-state index in [0.717, 1.165) is 12.8 Å². The van der Waals surface area contributed by atoms with E-state index in [0.29, 0.717) is 46.1 Å². The van der Waals surface area contributed by atoms with Gasteiger partial charge in [0.15, 0.2) is 5.65 Å². The van der Waals surface area contributed by atoms with Crippen LogP contribution in [0.3, 0.4) is 0 Å². The molecule has 3 heterocycles. The number of amides is 2. The third-order valence-corrected chi connectivity index (χ3v) is 6.21. The molecule has 10 nitrogen and oxygen atoms in total. The van der Waals surface area contributed by atoms with Crippen molar-refractivity contribution in [3.8, 4) is 0 Å². The van der Waals surface area contributed by atoms with E-state index in [1.165, 1.54) is 15.6 Å². The second-order valence-electron chi connectivity index (χ2n) is 11.4.